The van der Waals surface area contributed by atoms with Crippen molar-refractivity contribution in [2.45, 2.75) is 40.0 Å². The maximum Gasteiger partial charge on any atom is 0.407 e. The quantitative estimate of drug-likeness (QED) is 0.699. The first kappa shape index (κ1) is 21.7. The number of carboxylic acid groups (broad SMARTS) is 1. The number of hydrogen-bond acceptors (Lipinski definition) is 4. The van der Waals surface area contributed by atoms with Gasteiger partial charge in [0.15, 0.2) is 0 Å². The molecule has 0 bridgehead atoms. The zero-order valence-corrected chi connectivity index (χ0v) is 18.2. The minimum Gasteiger partial charge on any atom is -0.465 e. The summed E-state index contributed by atoms with van der Waals surface area (Å²) < 4.78 is 10.9. The van der Waals surface area contributed by atoms with Crippen LogP contribution in [-0.2, 0) is 11.2 Å². The van der Waals surface area contributed by atoms with E-state index in [1.807, 2.05) is 19.1 Å². The maximum absolute atomic E-state index is 11.7. The predicted octanol–water partition coefficient (Wildman–Crippen LogP) is 5.24. The van der Waals surface area contributed by atoms with Crippen LogP contribution in [0, 0.1) is 12.3 Å². The molecule has 1 aliphatic heterocycles. The van der Waals surface area contributed by atoms with Gasteiger partial charge < -0.3 is 19.5 Å². The second-order valence-electron chi connectivity index (χ2n) is 8.83. The van der Waals surface area contributed by atoms with Crippen LogP contribution in [0.4, 0.5) is 4.79 Å². The third-order valence-electron chi connectivity index (χ3n) is 5.68. The van der Waals surface area contributed by atoms with Gasteiger partial charge >= 0.3 is 12.1 Å². The molecule has 0 aliphatic carbocycles. The van der Waals surface area contributed by atoms with E-state index in [1.165, 1.54) is 17.6 Å². The van der Waals surface area contributed by atoms with Gasteiger partial charge in [-0.15, -0.1) is 0 Å². The summed E-state index contributed by atoms with van der Waals surface area (Å²) in [4.78, 5) is 24.9. The maximum atomic E-state index is 11.7. The molecule has 6 heteroatoms. The first-order chi connectivity index (χ1) is 14.1. The number of nitrogens with zero attached hydrogens (tertiary/aromatic N) is 1. The van der Waals surface area contributed by atoms with Crippen molar-refractivity contribution in [1.29, 1.82) is 0 Å². The summed E-state index contributed by atoms with van der Waals surface area (Å²) in [5.74, 6) is 1.07. The summed E-state index contributed by atoms with van der Waals surface area (Å²) in [5, 5.41) is 9.55. The Labute approximate surface area is 177 Å². The average Bonchev–Trinajstić information content (AvgIpc) is 2.88. The number of aryl methyl sites for hydroxylation is 1. The molecule has 3 rings (SSSR count). The molecule has 0 fully saturated rings. The molecule has 160 valence electrons. The third kappa shape index (κ3) is 4.58. The van der Waals surface area contributed by atoms with Crippen LogP contribution in [0.3, 0.4) is 0 Å². The van der Waals surface area contributed by atoms with Gasteiger partial charge in [-0.25, -0.2) is 9.59 Å². The van der Waals surface area contributed by atoms with Crippen LogP contribution in [0.5, 0.6) is 11.5 Å². The van der Waals surface area contributed by atoms with Crippen molar-refractivity contribution in [1.82, 2.24) is 4.90 Å². The summed E-state index contributed by atoms with van der Waals surface area (Å²) in [6, 6.07) is 11.2. The Hall–Kier alpha value is -3.02. The minimum absolute atomic E-state index is 0.0739. The number of carbonyl (C=O) groups is 2. The topological polar surface area (TPSA) is 76.1 Å². The fourth-order valence-electron chi connectivity index (χ4n) is 3.92. The highest BCUT2D eigenvalue weighted by Crippen LogP contribution is 2.40. The number of hydrogen-bond donors (Lipinski definition) is 1. The molecule has 1 unspecified atom stereocenters. The van der Waals surface area contributed by atoms with Crippen LogP contribution in [-0.4, -0.2) is 42.3 Å². The summed E-state index contributed by atoms with van der Waals surface area (Å²) in [5.41, 5.74) is 3.52. The molecule has 0 saturated heterocycles. The van der Waals surface area contributed by atoms with Gasteiger partial charge in [-0.2, -0.15) is 0 Å². The Morgan fingerprint density at radius 2 is 1.87 bits per heavy atom. The van der Waals surface area contributed by atoms with Gasteiger partial charge in [0, 0.05) is 19.0 Å². The zero-order valence-electron chi connectivity index (χ0n) is 18.2. The molecular weight excluding hydrogens is 382 g/mol. The van der Waals surface area contributed by atoms with Crippen molar-refractivity contribution in [3.8, 4) is 11.5 Å². The SMILES string of the molecule is COC(=O)c1ccc(Oc2ccc3c(c2)CCN(C(=O)O)CC3C(C)(C)C)c(C)c1. The summed E-state index contributed by atoms with van der Waals surface area (Å²) >= 11 is 0. The normalized spacial score (nSPS) is 16.4. The molecule has 30 heavy (non-hydrogen) atoms. The van der Waals surface area contributed by atoms with Crippen molar-refractivity contribution >= 4 is 12.1 Å². The minimum atomic E-state index is -0.880. The summed E-state index contributed by atoms with van der Waals surface area (Å²) in [6.45, 7) is 9.26. The number of ether oxygens (including phenoxy) is 2. The highest BCUT2D eigenvalue weighted by atomic mass is 16.5. The number of benzene rings is 2. The smallest absolute Gasteiger partial charge is 0.407 e. The lowest BCUT2D eigenvalue weighted by atomic mass is 9.75. The molecule has 1 atom stereocenters. The van der Waals surface area contributed by atoms with E-state index in [4.69, 9.17) is 9.47 Å². The first-order valence-corrected chi connectivity index (χ1v) is 10.1. The average molecular weight is 411 g/mol. The second-order valence-corrected chi connectivity index (χ2v) is 8.83. The number of methoxy groups -OCH3 is 1. The Kier molecular flexibility index (Phi) is 6.06. The molecule has 0 spiro atoms. The predicted molar refractivity (Wildman–Crippen MR) is 115 cm³/mol. The monoisotopic (exact) mass is 411 g/mol. The van der Waals surface area contributed by atoms with E-state index in [-0.39, 0.29) is 17.3 Å². The highest BCUT2D eigenvalue weighted by molar-refractivity contribution is 5.89. The molecule has 0 aromatic heterocycles. The highest BCUT2D eigenvalue weighted by Gasteiger charge is 2.33. The van der Waals surface area contributed by atoms with E-state index in [1.54, 1.807) is 18.2 Å². The molecule has 0 radical (unpaired) electrons. The third-order valence-corrected chi connectivity index (χ3v) is 5.68. The van der Waals surface area contributed by atoms with Crippen molar-refractivity contribution in [3.05, 3.63) is 58.7 Å². The van der Waals surface area contributed by atoms with Crippen LogP contribution in [0.15, 0.2) is 36.4 Å². The Balaban J connectivity index is 1.91. The van der Waals surface area contributed by atoms with Gasteiger partial charge in [0.05, 0.1) is 12.7 Å². The molecule has 1 N–H and O–H groups in total. The van der Waals surface area contributed by atoms with E-state index < -0.39 is 6.09 Å². The Morgan fingerprint density at radius 1 is 1.13 bits per heavy atom. The van der Waals surface area contributed by atoms with Gasteiger partial charge in [0.25, 0.3) is 0 Å². The largest absolute Gasteiger partial charge is 0.465 e. The van der Waals surface area contributed by atoms with Crippen LogP contribution in [0.1, 0.15) is 53.7 Å². The van der Waals surface area contributed by atoms with Crippen LogP contribution in [0.25, 0.3) is 0 Å². The lowest BCUT2D eigenvalue weighted by Gasteiger charge is -2.33. The number of fused-ring (bicyclic) bond motifs is 1. The van der Waals surface area contributed by atoms with E-state index in [9.17, 15) is 14.7 Å². The number of rotatable bonds is 3. The molecule has 6 nitrogen and oxygen atoms in total. The van der Waals surface area contributed by atoms with E-state index in [0.29, 0.717) is 36.6 Å². The van der Waals surface area contributed by atoms with Crippen LogP contribution < -0.4 is 4.74 Å². The second kappa shape index (κ2) is 8.38. The van der Waals surface area contributed by atoms with E-state index in [0.717, 1.165) is 11.1 Å². The molecule has 1 aliphatic rings. The number of esters is 1. The van der Waals surface area contributed by atoms with Crippen LogP contribution in [0.2, 0.25) is 0 Å². The molecule has 1 amide bonds. The van der Waals surface area contributed by atoms with Gasteiger partial charge in [-0.05, 0) is 65.8 Å². The standard InChI is InChI=1S/C24H29NO5/c1-15-12-17(22(26)29-5)6-9-21(15)30-18-7-8-19-16(13-18)10-11-25(23(27)28)14-20(19)24(2,3)4/h6-9,12-13,20H,10-11,14H2,1-5H3,(H,27,28). The Morgan fingerprint density at radius 3 is 2.47 bits per heavy atom. The number of carbonyl (C=O) groups excluding carboxylic acids is 1. The lowest BCUT2D eigenvalue weighted by Crippen LogP contribution is -2.36. The molecule has 2 aromatic carbocycles. The molecule has 0 saturated carbocycles. The van der Waals surface area contributed by atoms with Gasteiger partial charge in [-0.3, -0.25) is 0 Å². The lowest BCUT2D eigenvalue weighted by molar-refractivity contribution is 0.0600. The van der Waals surface area contributed by atoms with Crippen molar-refractivity contribution < 1.29 is 24.2 Å². The molecule has 1 heterocycles. The van der Waals surface area contributed by atoms with Gasteiger partial charge in [0.2, 0.25) is 0 Å². The zero-order chi connectivity index (χ0) is 22.1. The van der Waals surface area contributed by atoms with Crippen molar-refractivity contribution in [2.75, 3.05) is 20.2 Å². The molecule has 2 aromatic rings. The van der Waals surface area contributed by atoms with Crippen molar-refractivity contribution in [2.24, 2.45) is 5.41 Å². The van der Waals surface area contributed by atoms with Gasteiger partial charge in [-0.1, -0.05) is 26.8 Å². The fraction of sp³-hybridized carbons (Fsp3) is 0.417. The summed E-state index contributed by atoms with van der Waals surface area (Å²) in [7, 11) is 1.36. The summed E-state index contributed by atoms with van der Waals surface area (Å²) in [6.07, 6.45) is -0.235. The van der Waals surface area contributed by atoms with Crippen molar-refractivity contribution in [3.63, 3.8) is 0 Å². The van der Waals surface area contributed by atoms with E-state index in [2.05, 4.69) is 26.8 Å². The number of amides is 1. The van der Waals surface area contributed by atoms with Gasteiger partial charge in [0.1, 0.15) is 11.5 Å². The van der Waals surface area contributed by atoms with Crippen LogP contribution >= 0.6 is 0 Å². The van der Waals surface area contributed by atoms with E-state index >= 15 is 0 Å². The fourth-order valence-corrected chi connectivity index (χ4v) is 3.92. The first-order valence-electron chi connectivity index (χ1n) is 10.1. The Bertz CT molecular complexity index is 961. The molecular formula is C24H29NO5.